The number of para-hydroxylation sites is 1. The van der Waals surface area contributed by atoms with Crippen molar-refractivity contribution in [2.24, 2.45) is 5.41 Å². The van der Waals surface area contributed by atoms with E-state index in [9.17, 15) is 4.79 Å². The van der Waals surface area contributed by atoms with E-state index in [2.05, 4.69) is 27.4 Å². The standard InChI is InChI=1S/C18H27ClN4O.ClH/c1-18(6-7-20-13-18)14-23-10-8-22(9-11-23)12-17(24)21-16-5-3-2-4-15(16)19;/h2-5,20H,6-14H2,1H3,(H,21,24);1H. The van der Waals surface area contributed by atoms with Crippen LogP contribution >= 0.6 is 24.0 Å². The molecule has 2 N–H and O–H groups in total. The van der Waals surface area contributed by atoms with Gasteiger partial charge in [0.05, 0.1) is 17.3 Å². The minimum atomic E-state index is 0. The first-order valence-corrected chi connectivity index (χ1v) is 9.12. The number of halogens is 2. The van der Waals surface area contributed by atoms with Gasteiger partial charge in [0.25, 0.3) is 0 Å². The highest BCUT2D eigenvalue weighted by Gasteiger charge is 2.31. The monoisotopic (exact) mass is 386 g/mol. The van der Waals surface area contributed by atoms with Gasteiger partial charge < -0.3 is 15.5 Å². The minimum absolute atomic E-state index is 0. The molecule has 2 fully saturated rings. The van der Waals surface area contributed by atoms with Gasteiger partial charge in [-0.05, 0) is 30.5 Å². The van der Waals surface area contributed by atoms with E-state index in [0.29, 0.717) is 22.7 Å². The third-order valence-electron chi connectivity index (χ3n) is 5.04. The van der Waals surface area contributed by atoms with Gasteiger partial charge >= 0.3 is 0 Å². The van der Waals surface area contributed by atoms with Crippen LogP contribution in [-0.2, 0) is 4.79 Å². The van der Waals surface area contributed by atoms with Gasteiger partial charge in [-0.15, -0.1) is 12.4 Å². The van der Waals surface area contributed by atoms with Gasteiger partial charge in [0.1, 0.15) is 0 Å². The molecule has 0 aliphatic carbocycles. The molecule has 0 saturated carbocycles. The molecule has 2 aliphatic heterocycles. The average Bonchev–Trinajstić information content (AvgIpc) is 2.98. The second kappa shape index (κ2) is 9.19. The van der Waals surface area contributed by atoms with Crippen LogP contribution < -0.4 is 10.6 Å². The van der Waals surface area contributed by atoms with Gasteiger partial charge in [-0.2, -0.15) is 0 Å². The van der Waals surface area contributed by atoms with Crippen molar-refractivity contribution < 1.29 is 4.79 Å². The highest BCUT2D eigenvalue weighted by atomic mass is 35.5. The molecule has 2 heterocycles. The molecular formula is C18H28Cl2N4O. The summed E-state index contributed by atoms with van der Waals surface area (Å²) in [6.45, 7) is 10.2. The Morgan fingerprint density at radius 1 is 1.24 bits per heavy atom. The normalized spacial score (nSPS) is 24.7. The maximum absolute atomic E-state index is 12.2. The van der Waals surface area contributed by atoms with E-state index in [-0.39, 0.29) is 18.3 Å². The van der Waals surface area contributed by atoms with Gasteiger partial charge in [-0.25, -0.2) is 0 Å². The number of nitrogens with one attached hydrogen (secondary N) is 2. The van der Waals surface area contributed by atoms with E-state index in [1.165, 1.54) is 6.42 Å². The van der Waals surface area contributed by atoms with Crippen LogP contribution in [-0.4, -0.2) is 68.1 Å². The SMILES string of the molecule is CC1(CN2CCN(CC(=O)Nc3ccccc3Cl)CC2)CCNC1.Cl. The lowest BCUT2D eigenvalue weighted by atomic mass is 9.89. The molecule has 25 heavy (non-hydrogen) atoms. The third-order valence-corrected chi connectivity index (χ3v) is 5.37. The maximum Gasteiger partial charge on any atom is 0.238 e. The van der Waals surface area contributed by atoms with Gasteiger partial charge in [-0.3, -0.25) is 9.69 Å². The number of carbonyl (C=O) groups is 1. The van der Waals surface area contributed by atoms with Crippen molar-refractivity contribution in [2.45, 2.75) is 13.3 Å². The summed E-state index contributed by atoms with van der Waals surface area (Å²) in [4.78, 5) is 17.0. The third kappa shape index (κ3) is 5.83. The summed E-state index contributed by atoms with van der Waals surface area (Å²) >= 11 is 6.08. The van der Waals surface area contributed by atoms with Crippen LogP contribution in [0.4, 0.5) is 5.69 Å². The van der Waals surface area contributed by atoms with Crippen molar-refractivity contribution in [1.29, 1.82) is 0 Å². The van der Waals surface area contributed by atoms with Crippen molar-refractivity contribution in [3.05, 3.63) is 29.3 Å². The number of hydrogen-bond donors (Lipinski definition) is 2. The minimum Gasteiger partial charge on any atom is -0.324 e. The zero-order valence-corrected chi connectivity index (χ0v) is 16.3. The van der Waals surface area contributed by atoms with Crippen molar-refractivity contribution in [3.8, 4) is 0 Å². The second-order valence-corrected chi connectivity index (χ2v) is 7.72. The fraction of sp³-hybridized carbons (Fsp3) is 0.611. The molecule has 1 aromatic carbocycles. The Hall–Kier alpha value is -0.850. The molecule has 140 valence electrons. The van der Waals surface area contributed by atoms with Crippen LogP contribution in [0.15, 0.2) is 24.3 Å². The van der Waals surface area contributed by atoms with E-state index in [1.807, 2.05) is 18.2 Å². The van der Waals surface area contributed by atoms with Crippen LogP contribution in [0.5, 0.6) is 0 Å². The predicted octanol–water partition coefficient (Wildman–Crippen LogP) is 2.32. The highest BCUT2D eigenvalue weighted by Crippen LogP contribution is 2.26. The smallest absolute Gasteiger partial charge is 0.238 e. The lowest BCUT2D eigenvalue weighted by Gasteiger charge is -2.38. The largest absolute Gasteiger partial charge is 0.324 e. The Morgan fingerprint density at radius 3 is 2.56 bits per heavy atom. The molecule has 1 atom stereocenters. The zero-order chi connectivity index (χ0) is 17.0. The number of rotatable bonds is 5. The highest BCUT2D eigenvalue weighted by molar-refractivity contribution is 6.33. The van der Waals surface area contributed by atoms with Crippen LogP contribution in [0, 0.1) is 5.41 Å². The lowest BCUT2D eigenvalue weighted by Crippen LogP contribution is -2.51. The van der Waals surface area contributed by atoms with Crippen molar-refractivity contribution in [3.63, 3.8) is 0 Å². The van der Waals surface area contributed by atoms with Crippen molar-refractivity contribution in [2.75, 3.05) is 57.7 Å². The molecule has 1 amide bonds. The van der Waals surface area contributed by atoms with E-state index >= 15 is 0 Å². The molecule has 1 aromatic rings. The number of hydrogen-bond acceptors (Lipinski definition) is 4. The van der Waals surface area contributed by atoms with Crippen LogP contribution in [0.25, 0.3) is 0 Å². The van der Waals surface area contributed by atoms with Crippen molar-refractivity contribution in [1.82, 2.24) is 15.1 Å². The predicted molar refractivity (Wildman–Crippen MR) is 106 cm³/mol. The first-order valence-electron chi connectivity index (χ1n) is 8.74. The summed E-state index contributed by atoms with van der Waals surface area (Å²) < 4.78 is 0. The Labute approximate surface area is 161 Å². The van der Waals surface area contributed by atoms with Gasteiger partial charge in [0.2, 0.25) is 5.91 Å². The van der Waals surface area contributed by atoms with E-state index in [0.717, 1.165) is 45.8 Å². The van der Waals surface area contributed by atoms with E-state index in [4.69, 9.17) is 11.6 Å². The van der Waals surface area contributed by atoms with Crippen LogP contribution in [0.2, 0.25) is 5.02 Å². The summed E-state index contributed by atoms with van der Waals surface area (Å²) in [5.74, 6) is 0.00325. The van der Waals surface area contributed by atoms with E-state index in [1.54, 1.807) is 6.07 Å². The topological polar surface area (TPSA) is 47.6 Å². The first kappa shape index (κ1) is 20.5. The molecule has 2 aliphatic rings. The molecule has 7 heteroatoms. The Kier molecular flexibility index (Phi) is 7.52. The number of nitrogens with zero attached hydrogens (tertiary/aromatic N) is 2. The van der Waals surface area contributed by atoms with Gasteiger partial charge in [0.15, 0.2) is 0 Å². The molecule has 3 rings (SSSR count). The molecule has 5 nitrogen and oxygen atoms in total. The summed E-state index contributed by atoms with van der Waals surface area (Å²) in [5.41, 5.74) is 1.09. The summed E-state index contributed by atoms with van der Waals surface area (Å²) in [7, 11) is 0. The number of benzene rings is 1. The van der Waals surface area contributed by atoms with Gasteiger partial charge in [-0.1, -0.05) is 30.7 Å². The van der Waals surface area contributed by atoms with Crippen LogP contribution in [0.3, 0.4) is 0 Å². The zero-order valence-electron chi connectivity index (χ0n) is 14.8. The maximum atomic E-state index is 12.2. The number of carbonyl (C=O) groups excluding carboxylic acids is 1. The fourth-order valence-electron chi connectivity index (χ4n) is 3.60. The Bertz CT molecular complexity index is 570. The number of piperazine rings is 1. The molecule has 0 spiro atoms. The molecule has 0 aromatic heterocycles. The second-order valence-electron chi connectivity index (χ2n) is 7.32. The lowest BCUT2D eigenvalue weighted by molar-refractivity contribution is -0.117. The molecule has 0 bridgehead atoms. The number of anilines is 1. The Balaban J connectivity index is 0.00000225. The van der Waals surface area contributed by atoms with Gasteiger partial charge in [0, 0.05) is 39.3 Å². The fourth-order valence-corrected chi connectivity index (χ4v) is 3.79. The summed E-state index contributed by atoms with van der Waals surface area (Å²) in [6, 6.07) is 7.35. The summed E-state index contributed by atoms with van der Waals surface area (Å²) in [5, 5.41) is 6.94. The summed E-state index contributed by atoms with van der Waals surface area (Å²) in [6.07, 6.45) is 1.26. The first-order chi connectivity index (χ1) is 11.5. The average molecular weight is 387 g/mol. The molecule has 0 radical (unpaired) electrons. The molecule has 2 saturated heterocycles. The molecular weight excluding hydrogens is 359 g/mol. The van der Waals surface area contributed by atoms with Crippen molar-refractivity contribution >= 4 is 35.6 Å². The van der Waals surface area contributed by atoms with E-state index < -0.39 is 0 Å². The Morgan fingerprint density at radius 2 is 1.92 bits per heavy atom. The molecule has 1 unspecified atom stereocenters. The quantitative estimate of drug-likeness (QED) is 0.814. The number of amides is 1. The van der Waals surface area contributed by atoms with Crippen LogP contribution in [0.1, 0.15) is 13.3 Å².